The topological polar surface area (TPSA) is 70.2 Å². The molecule has 0 aliphatic carbocycles. The van der Waals surface area contributed by atoms with Gasteiger partial charge >= 0.3 is 0 Å². The SMILES string of the molecule is O=C(Nc1cccc(F)c1)c1ccnc(Nc2ccc(N3CCCCC3)cc2)n1. The molecule has 0 saturated carbocycles. The molecule has 0 spiro atoms. The fourth-order valence-corrected chi connectivity index (χ4v) is 3.34. The number of anilines is 4. The first-order chi connectivity index (χ1) is 14.2. The van der Waals surface area contributed by atoms with Crippen molar-refractivity contribution < 1.29 is 9.18 Å². The minimum absolute atomic E-state index is 0.191. The number of nitrogens with zero attached hydrogens (tertiary/aromatic N) is 3. The van der Waals surface area contributed by atoms with Crippen molar-refractivity contribution >= 4 is 28.9 Å². The van der Waals surface area contributed by atoms with Gasteiger partial charge < -0.3 is 15.5 Å². The number of hydrogen-bond donors (Lipinski definition) is 2. The summed E-state index contributed by atoms with van der Waals surface area (Å²) in [4.78, 5) is 23.2. The Hall–Kier alpha value is -3.48. The second-order valence-corrected chi connectivity index (χ2v) is 6.95. The third-order valence-electron chi connectivity index (χ3n) is 4.82. The van der Waals surface area contributed by atoms with Crippen LogP contribution in [0.1, 0.15) is 29.8 Å². The largest absolute Gasteiger partial charge is 0.372 e. The van der Waals surface area contributed by atoms with Crippen molar-refractivity contribution in [3.63, 3.8) is 0 Å². The number of nitrogens with one attached hydrogen (secondary N) is 2. The average molecular weight is 391 g/mol. The monoisotopic (exact) mass is 391 g/mol. The lowest BCUT2D eigenvalue weighted by molar-refractivity contribution is 0.102. The molecule has 1 aliphatic rings. The van der Waals surface area contributed by atoms with Gasteiger partial charge in [0.1, 0.15) is 11.5 Å². The standard InChI is InChI=1S/C22H22FN5O/c23-16-5-4-6-18(15-16)25-21(29)20-11-12-24-22(27-20)26-17-7-9-19(10-8-17)28-13-2-1-3-14-28/h4-12,15H,1-3,13-14H2,(H,25,29)(H,24,26,27). The predicted molar refractivity (Wildman–Crippen MR) is 112 cm³/mol. The molecule has 1 aliphatic heterocycles. The van der Waals surface area contributed by atoms with Crippen LogP contribution in [-0.2, 0) is 0 Å². The van der Waals surface area contributed by atoms with Gasteiger partial charge in [-0.1, -0.05) is 6.07 Å². The second kappa shape index (κ2) is 8.68. The number of hydrogen-bond acceptors (Lipinski definition) is 5. The van der Waals surface area contributed by atoms with Gasteiger partial charge in [0.25, 0.3) is 5.91 Å². The lowest BCUT2D eigenvalue weighted by Crippen LogP contribution is -2.29. The first-order valence-electron chi connectivity index (χ1n) is 9.69. The van der Waals surface area contributed by atoms with E-state index in [0.717, 1.165) is 18.8 Å². The Morgan fingerprint density at radius 2 is 1.76 bits per heavy atom. The molecule has 2 heterocycles. The molecule has 7 heteroatoms. The first-order valence-corrected chi connectivity index (χ1v) is 9.69. The van der Waals surface area contributed by atoms with Gasteiger partial charge in [-0.05, 0) is 67.8 Å². The second-order valence-electron chi connectivity index (χ2n) is 6.95. The van der Waals surface area contributed by atoms with E-state index in [1.54, 1.807) is 6.07 Å². The summed E-state index contributed by atoms with van der Waals surface area (Å²) in [5, 5.41) is 5.75. The van der Waals surface area contributed by atoms with E-state index < -0.39 is 11.7 Å². The van der Waals surface area contributed by atoms with Crippen LogP contribution in [0.15, 0.2) is 60.8 Å². The van der Waals surface area contributed by atoms with Crippen LogP contribution in [0.5, 0.6) is 0 Å². The number of halogens is 1. The number of aromatic nitrogens is 2. The van der Waals surface area contributed by atoms with Gasteiger partial charge in [-0.25, -0.2) is 14.4 Å². The van der Waals surface area contributed by atoms with E-state index in [2.05, 4.69) is 37.6 Å². The van der Waals surface area contributed by atoms with Crippen molar-refractivity contribution in [2.45, 2.75) is 19.3 Å². The molecular formula is C22H22FN5O. The Labute approximate surface area is 168 Å². The van der Waals surface area contributed by atoms with Crippen LogP contribution in [0.25, 0.3) is 0 Å². The fraction of sp³-hybridized carbons (Fsp3) is 0.227. The molecule has 0 radical (unpaired) electrons. The normalized spacial score (nSPS) is 13.8. The molecule has 148 valence electrons. The van der Waals surface area contributed by atoms with Crippen LogP contribution in [0, 0.1) is 5.82 Å². The number of carbonyl (C=O) groups excluding carboxylic acids is 1. The highest BCUT2D eigenvalue weighted by atomic mass is 19.1. The van der Waals surface area contributed by atoms with Crippen LogP contribution >= 0.6 is 0 Å². The molecule has 1 fully saturated rings. The van der Waals surface area contributed by atoms with Gasteiger partial charge in [0, 0.05) is 36.3 Å². The van der Waals surface area contributed by atoms with Crippen molar-refractivity contribution in [2.24, 2.45) is 0 Å². The summed E-state index contributed by atoms with van der Waals surface area (Å²) in [6, 6.07) is 15.3. The highest BCUT2D eigenvalue weighted by Gasteiger charge is 2.12. The Morgan fingerprint density at radius 1 is 0.966 bits per heavy atom. The molecule has 0 atom stereocenters. The molecule has 1 aromatic heterocycles. The quantitative estimate of drug-likeness (QED) is 0.665. The predicted octanol–water partition coefficient (Wildman–Crippen LogP) is 4.60. The number of piperidine rings is 1. The van der Waals surface area contributed by atoms with Gasteiger partial charge in [0.05, 0.1) is 0 Å². The summed E-state index contributed by atoms with van der Waals surface area (Å²) in [6.07, 6.45) is 5.28. The zero-order valence-corrected chi connectivity index (χ0v) is 15.9. The average Bonchev–Trinajstić information content (AvgIpc) is 2.75. The summed E-state index contributed by atoms with van der Waals surface area (Å²) < 4.78 is 13.3. The Bertz CT molecular complexity index is 987. The summed E-state index contributed by atoms with van der Waals surface area (Å²) >= 11 is 0. The highest BCUT2D eigenvalue weighted by molar-refractivity contribution is 6.03. The van der Waals surface area contributed by atoms with Crippen LogP contribution in [0.2, 0.25) is 0 Å². The molecule has 1 saturated heterocycles. The maximum atomic E-state index is 13.3. The van der Waals surface area contributed by atoms with Gasteiger partial charge in [0.2, 0.25) is 5.95 Å². The van der Waals surface area contributed by atoms with Crippen LogP contribution in [-0.4, -0.2) is 29.0 Å². The fourth-order valence-electron chi connectivity index (χ4n) is 3.34. The molecule has 0 bridgehead atoms. The zero-order valence-electron chi connectivity index (χ0n) is 15.9. The minimum Gasteiger partial charge on any atom is -0.372 e. The third-order valence-corrected chi connectivity index (χ3v) is 4.82. The molecule has 0 unspecified atom stereocenters. The van der Waals surface area contributed by atoms with Crippen molar-refractivity contribution in [1.29, 1.82) is 0 Å². The maximum absolute atomic E-state index is 13.3. The van der Waals surface area contributed by atoms with Crippen molar-refractivity contribution in [3.8, 4) is 0 Å². The van der Waals surface area contributed by atoms with Crippen LogP contribution < -0.4 is 15.5 Å². The molecule has 3 aromatic rings. The molecule has 4 rings (SSSR count). The summed E-state index contributed by atoms with van der Waals surface area (Å²) in [7, 11) is 0. The third kappa shape index (κ3) is 4.87. The summed E-state index contributed by atoms with van der Waals surface area (Å²) in [5.74, 6) is -0.523. The van der Waals surface area contributed by atoms with Crippen molar-refractivity contribution in [2.75, 3.05) is 28.6 Å². The van der Waals surface area contributed by atoms with Gasteiger partial charge in [0.15, 0.2) is 0 Å². The van der Waals surface area contributed by atoms with E-state index in [0.29, 0.717) is 11.6 Å². The lowest BCUT2D eigenvalue weighted by atomic mass is 10.1. The number of rotatable bonds is 5. The smallest absolute Gasteiger partial charge is 0.274 e. The van der Waals surface area contributed by atoms with Crippen molar-refractivity contribution in [1.82, 2.24) is 9.97 Å². The summed E-state index contributed by atoms with van der Waals surface area (Å²) in [5.41, 5.74) is 2.61. The van der Waals surface area contributed by atoms with E-state index >= 15 is 0 Å². The Balaban J connectivity index is 1.42. The van der Waals surface area contributed by atoms with E-state index in [9.17, 15) is 9.18 Å². The minimum atomic E-state index is -0.429. The molecule has 2 N–H and O–H groups in total. The Morgan fingerprint density at radius 3 is 2.52 bits per heavy atom. The van der Waals surface area contributed by atoms with E-state index in [1.807, 2.05) is 12.1 Å². The first kappa shape index (κ1) is 18.9. The van der Waals surface area contributed by atoms with E-state index in [1.165, 1.54) is 55.4 Å². The molecule has 1 amide bonds. The van der Waals surface area contributed by atoms with E-state index in [4.69, 9.17) is 0 Å². The molecule has 2 aromatic carbocycles. The Kier molecular flexibility index (Phi) is 5.65. The van der Waals surface area contributed by atoms with Gasteiger partial charge in [-0.3, -0.25) is 4.79 Å². The zero-order chi connectivity index (χ0) is 20.1. The van der Waals surface area contributed by atoms with E-state index in [-0.39, 0.29) is 5.69 Å². The van der Waals surface area contributed by atoms with Crippen molar-refractivity contribution in [3.05, 3.63) is 72.3 Å². The highest BCUT2D eigenvalue weighted by Crippen LogP contribution is 2.23. The number of benzene rings is 2. The maximum Gasteiger partial charge on any atom is 0.274 e. The van der Waals surface area contributed by atoms with Crippen LogP contribution in [0.3, 0.4) is 0 Å². The lowest BCUT2D eigenvalue weighted by Gasteiger charge is -2.28. The summed E-state index contributed by atoms with van der Waals surface area (Å²) in [6.45, 7) is 2.19. The van der Waals surface area contributed by atoms with Gasteiger partial charge in [-0.15, -0.1) is 0 Å². The van der Waals surface area contributed by atoms with Crippen LogP contribution in [0.4, 0.5) is 27.4 Å². The number of carbonyl (C=O) groups is 1. The molecule has 29 heavy (non-hydrogen) atoms. The van der Waals surface area contributed by atoms with Gasteiger partial charge in [-0.2, -0.15) is 0 Å². The molecule has 6 nitrogen and oxygen atoms in total. The molecular weight excluding hydrogens is 369 g/mol. The number of amides is 1.